The molecule has 0 saturated carbocycles. The summed E-state index contributed by atoms with van der Waals surface area (Å²) in [5, 5.41) is 19.1. The fourth-order valence-electron chi connectivity index (χ4n) is 4.27. The van der Waals surface area contributed by atoms with Crippen molar-refractivity contribution in [2.24, 2.45) is 0 Å². The van der Waals surface area contributed by atoms with Gasteiger partial charge in [-0.05, 0) is 64.7 Å². The van der Waals surface area contributed by atoms with Gasteiger partial charge in [0.25, 0.3) is 0 Å². The third-order valence-electron chi connectivity index (χ3n) is 6.84. The quantitative estimate of drug-likeness (QED) is 0.0513. The zero-order valence-electron chi connectivity index (χ0n) is 26.9. The summed E-state index contributed by atoms with van der Waals surface area (Å²) >= 11 is 0. The van der Waals surface area contributed by atoms with Gasteiger partial charge in [-0.15, -0.1) is 0 Å². The first-order valence-electron chi connectivity index (χ1n) is 16.7. The monoisotopic (exact) mass is 590 g/mol. The molecule has 6 heteroatoms. The number of rotatable bonds is 29. The first-order valence-corrected chi connectivity index (χ1v) is 16.7. The molecule has 0 saturated heterocycles. The number of ether oxygens (including phenoxy) is 2. The van der Waals surface area contributed by atoms with Gasteiger partial charge in [0.05, 0.1) is 6.10 Å². The zero-order chi connectivity index (χ0) is 30.9. The van der Waals surface area contributed by atoms with E-state index in [0.717, 1.165) is 64.2 Å². The van der Waals surface area contributed by atoms with Gasteiger partial charge in [0.15, 0.2) is 0 Å². The van der Waals surface area contributed by atoms with Crippen molar-refractivity contribution in [1.82, 2.24) is 0 Å². The van der Waals surface area contributed by atoms with Crippen LogP contribution in [0.3, 0.4) is 0 Å². The average molecular weight is 591 g/mol. The highest BCUT2D eigenvalue weighted by atomic mass is 16.6. The number of hydrogen-bond donors (Lipinski definition) is 2. The summed E-state index contributed by atoms with van der Waals surface area (Å²) in [5.41, 5.74) is 0. The molecule has 242 valence electrons. The van der Waals surface area contributed by atoms with E-state index in [4.69, 9.17) is 9.47 Å². The minimum atomic E-state index is -0.991. The number of aliphatic hydroxyl groups excluding tert-OH is 2. The molecule has 0 aromatic carbocycles. The van der Waals surface area contributed by atoms with E-state index in [0.29, 0.717) is 19.3 Å². The topological polar surface area (TPSA) is 93.1 Å². The SMILES string of the molecule is CCCCCCCCCCCCC(=O)OC[C@H](O)COC(=O)CCC/C=C\C/C=C\C/C=C\C/C=C\CCC[C@@H](C)O. The van der Waals surface area contributed by atoms with E-state index in [2.05, 4.69) is 55.5 Å². The Morgan fingerprint density at radius 3 is 1.45 bits per heavy atom. The van der Waals surface area contributed by atoms with Crippen LogP contribution in [-0.2, 0) is 19.1 Å². The summed E-state index contributed by atoms with van der Waals surface area (Å²) in [5.74, 6) is -0.650. The molecule has 42 heavy (non-hydrogen) atoms. The van der Waals surface area contributed by atoms with Crippen LogP contribution in [-0.4, -0.2) is 47.6 Å². The van der Waals surface area contributed by atoms with Gasteiger partial charge in [-0.25, -0.2) is 0 Å². The van der Waals surface area contributed by atoms with E-state index in [-0.39, 0.29) is 31.3 Å². The Kier molecular flexibility index (Phi) is 30.1. The average Bonchev–Trinajstić information content (AvgIpc) is 2.97. The second-order valence-electron chi connectivity index (χ2n) is 11.2. The van der Waals surface area contributed by atoms with Gasteiger partial charge in [0, 0.05) is 12.8 Å². The van der Waals surface area contributed by atoms with Crippen LogP contribution in [0.2, 0.25) is 0 Å². The molecule has 0 aliphatic carbocycles. The van der Waals surface area contributed by atoms with E-state index in [1.165, 1.54) is 44.9 Å². The maximum absolute atomic E-state index is 11.9. The van der Waals surface area contributed by atoms with Gasteiger partial charge in [-0.3, -0.25) is 9.59 Å². The first kappa shape index (κ1) is 39.8. The van der Waals surface area contributed by atoms with Crippen LogP contribution >= 0.6 is 0 Å². The molecule has 2 N–H and O–H groups in total. The third kappa shape index (κ3) is 32.3. The Labute approximate surface area is 257 Å². The normalized spacial score (nSPS) is 13.5. The van der Waals surface area contributed by atoms with Crippen molar-refractivity contribution in [2.45, 2.75) is 154 Å². The van der Waals surface area contributed by atoms with Crippen LogP contribution in [0, 0.1) is 0 Å². The smallest absolute Gasteiger partial charge is 0.305 e. The van der Waals surface area contributed by atoms with Crippen molar-refractivity contribution in [3.63, 3.8) is 0 Å². The van der Waals surface area contributed by atoms with Crippen LogP contribution in [0.1, 0.15) is 142 Å². The molecule has 0 aromatic heterocycles. The van der Waals surface area contributed by atoms with Crippen molar-refractivity contribution >= 4 is 11.9 Å². The highest BCUT2D eigenvalue weighted by Gasteiger charge is 2.11. The van der Waals surface area contributed by atoms with Gasteiger partial charge in [-0.2, -0.15) is 0 Å². The Bertz CT molecular complexity index is 737. The Hall–Kier alpha value is -2.18. The molecule has 2 atom stereocenters. The zero-order valence-corrected chi connectivity index (χ0v) is 26.9. The highest BCUT2D eigenvalue weighted by Crippen LogP contribution is 2.11. The summed E-state index contributed by atoms with van der Waals surface area (Å²) in [4.78, 5) is 23.7. The lowest BCUT2D eigenvalue weighted by atomic mass is 10.1. The third-order valence-corrected chi connectivity index (χ3v) is 6.84. The largest absolute Gasteiger partial charge is 0.463 e. The van der Waals surface area contributed by atoms with Gasteiger partial charge < -0.3 is 19.7 Å². The molecule has 0 bridgehead atoms. The molecule has 6 nitrogen and oxygen atoms in total. The van der Waals surface area contributed by atoms with Crippen molar-refractivity contribution in [3.8, 4) is 0 Å². The van der Waals surface area contributed by atoms with E-state index in [1.54, 1.807) is 0 Å². The van der Waals surface area contributed by atoms with Crippen LogP contribution in [0.15, 0.2) is 48.6 Å². The van der Waals surface area contributed by atoms with Crippen molar-refractivity contribution in [2.75, 3.05) is 13.2 Å². The summed E-state index contributed by atoms with van der Waals surface area (Å²) in [6, 6.07) is 0. The molecular formula is C36H62O6. The van der Waals surface area contributed by atoms with Crippen molar-refractivity contribution in [1.29, 1.82) is 0 Å². The summed E-state index contributed by atoms with van der Waals surface area (Å²) < 4.78 is 10.2. The Balaban J connectivity index is 3.59. The fraction of sp³-hybridized carbons (Fsp3) is 0.722. The van der Waals surface area contributed by atoms with E-state index in [9.17, 15) is 19.8 Å². The molecule has 0 fully saturated rings. The van der Waals surface area contributed by atoms with Crippen LogP contribution in [0.4, 0.5) is 0 Å². The minimum absolute atomic E-state index is 0.140. The number of allylic oxidation sites excluding steroid dienone is 8. The minimum Gasteiger partial charge on any atom is -0.463 e. The van der Waals surface area contributed by atoms with E-state index >= 15 is 0 Å². The summed E-state index contributed by atoms with van der Waals surface area (Å²) in [6.45, 7) is 3.77. The maximum atomic E-state index is 11.9. The van der Waals surface area contributed by atoms with Crippen LogP contribution in [0.5, 0.6) is 0 Å². The number of esters is 2. The van der Waals surface area contributed by atoms with Gasteiger partial charge in [0.1, 0.15) is 19.3 Å². The molecule has 0 aliphatic heterocycles. The van der Waals surface area contributed by atoms with Gasteiger partial charge in [-0.1, -0.05) is 113 Å². The molecule has 0 amide bonds. The summed E-state index contributed by atoms with van der Waals surface area (Å²) in [7, 11) is 0. The molecule has 0 spiro atoms. The van der Waals surface area contributed by atoms with Crippen molar-refractivity contribution in [3.05, 3.63) is 48.6 Å². The van der Waals surface area contributed by atoms with Gasteiger partial charge in [0.2, 0.25) is 0 Å². The number of unbranched alkanes of at least 4 members (excludes halogenated alkanes) is 11. The molecule has 0 rings (SSSR count). The number of carbonyl (C=O) groups excluding carboxylic acids is 2. The van der Waals surface area contributed by atoms with Gasteiger partial charge >= 0.3 is 11.9 Å². The number of carbonyl (C=O) groups is 2. The lowest BCUT2D eigenvalue weighted by Crippen LogP contribution is -2.25. The molecule has 0 aliphatic rings. The molecule has 0 heterocycles. The Morgan fingerprint density at radius 1 is 0.571 bits per heavy atom. The number of hydrogen-bond acceptors (Lipinski definition) is 6. The summed E-state index contributed by atoms with van der Waals surface area (Å²) in [6.07, 6.45) is 35.8. The Morgan fingerprint density at radius 2 is 0.976 bits per heavy atom. The lowest BCUT2D eigenvalue weighted by molar-refractivity contribution is -0.152. The highest BCUT2D eigenvalue weighted by molar-refractivity contribution is 5.69. The van der Waals surface area contributed by atoms with E-state index in [1.807, 2.05) is 6.92 Å². The predicted octanol–water partition coefficient (Wildman–Crippen LogP) is 8.86. The lowest BCUT2D eigenvalue weighted by Gasteiger charge is -2.12. The standard InChI is InChI=1S/C36H62O6/c1-3-4-5-6-7-8-17-20-23-26-29-35(39)41-31-34(38)32-42-36(40)30-27-24-21-18-15-13-11-9-10-12-14-16-19-22-25-28-33(2)37/h10-13,16,18-19,21,33-34,37-38H,3-9,14-15,17,20,22-32H2,1-2H3/b12-10-,13-11-,19-16-,21-18-/t33-,34+/m1/s1. The van der Waals surface area contributed by atoms with Crippen LogP contribution < -0.4 is 0 Å². The van der Waals surface area contributed by atoms with E-state index < -0.39 is 6.10 Å². The molecule has 0 aromatic rings. The van der Waals surface area contributed by atoms with Crippen molar-refractivity contribution < 1.29 is 29.3 Å². The molecular weight excluding hydrogens is 528 g/mol. The molecule has 0 unspecified atom stereocenters. The van der Waals surface area contributed by atoms with Crippen LogP contribution in [0.25, 0.3) is 0 Å². The number of aliphatic hydroxyl groups is 2. The first-order chi connectivity index (χ1) is 20.5. The molecule has 0 radical (unpaired) electrons. The maximum Gasteiger partial charge on any atom is 0.305 e. The fourth-order valence-corrected chi connectivity index (χ4v) is 4.27. The predicted molar refractivity (Wildman–Crippen MR) is 174 cm³/mol. The second-order valence-corrected chi connectivity index (χ2v) is 11.2. The second kappa shape index (κ2) is 31.7.